The van der Waals surface area contributed by atoms with E-state index in [9.17, 15) is 0 Å². The van der Waals surface area contributed by atoms with Crippen molar-refractivity contribution in [2.75, 3.05) is 0 Å². The predicted molar refractivity (Wildman–Crippen MR) is 78.0 cm³/mol. The smallest absolute Gasteiger partial charge is 0.00871 e. The summed E-state index contributed by atoms with van der Waals surface area (Å²) in [4.78, 5) is 0. The van der Waals surface area contributed by atoms with Crippen LogP contribution >= 0.6 is 0 Å². The van der Waals surface area contributed by atoms with Crippen molar-refractivity contribution < 1.29 is 0 Å². The van der Waals surface area contributed by atoms with E-state index in [1.54, 1.807) is 0 Å². The minimum Gasteiger partial charge on any atom is -0.0955 e. The molecule has 0 aromatic rings. The van der Waals surface area contributed by atoms with Crippen LogP contribution in [-0.2, 0) is 0 Å². The van der Waals surface area contributed by atoms with Gasteiger partial charge in [-0.3, -0.25) is 0 Å². The molecule has 0 N–H and O–H groups in total. The summed E-state index contributed by atoms with van der Waals surface area (Å²) in [5.74, 6) is 1.31. The average molecular weight is 230 g/mol. The van der Waals surface area contributed by atoms with E-state index in [-0.39, 0.29) is 0 Å². The molecule has 94 valence electrons. The van der Waals surface area contributed by atoms with Gasteiger partial charge in [0.25, 0.3) is 0 Å². The predicted octanol–water partition coefficient (Wildman–Crippen LogP) is 5.45. The number of allylic oxidation sites excluding steroid dienone is 6. The Hall–Kier alpha value is -1.04. The largest absolute Gasteiger partial charge is 0.0955 e. The van der Waals surface area contributed by atoms with E-state index in [2.05, 4.69) is 39.2 Å². The van der Waals surface area contributed by atoms with E-state index in [4.69, 9.17) is 0 Å². The van der Waals surface area contributed by atoms with Gasteiger partial charge < -0.3 is 0 Å². The lowest BCUT2D eigenvalue weighted by Crippen LogP contribution is -2.14. The highest BCUT2D eigenvalue weighted by atomic mass is 14.4. The Labute approximate surface area is 107 Å². The molecule has 2 rings (SSSR count). The van der Waals surface area contributed by atoms with E-state index < -0.39 is 0 Å². The molecule has 1 fully saturated rings. The first-order chi connectivity index (χ1) is 8.16. The maximum atomic E-state index is 4.24. The van der Waals surface area contributed by atoms with Gasteiger partial charge in [0.1, 0.15) is 0 Å². The normalized spacial score (nSPS) is 28.2. The summed E-state index contributed by atoms with van der Waals surface area (Å²) in [6.07, 6.45) is 8.12. The van der Waals surface area contributed by atoms with Crippen LogP contribution in [0.2, 0.25) is 0 Å². The van der Waals surface area contributed by atoms with Crippen LogP contribution in [0.4, 0.5) is 0 Å². The third kappa shape index (κ3) is 2.46. The van der Waals surface area contributed by atoms with Gasteiger partial charge in [-0.15, -0.1) is 0 Å². The molecule has 2 unspecified atom stereocenters. The molecule has 2 atom stereocenters. The van der Waals surface area contributed by atoms with Crippen LogP contribution in [0, 0.1) is 11.8 Å². The van der Waals surface area contributed by atoms with E-state index in [1.165, 1.54) is 41.6 Å². The Bertz CT molecular complexity index is 365. The van der Waals surface area contributed by atoms with Crippen molar-refractivity contribution in [3.63, 3.8) is 0 Å². The van der Waals surface area contributed by atoms with E-state index in [0.29, 0.717) is 11.8 Å². The summed E-state index contributed by atoms with van der Waals surface area (Å²) in [5.41, 5.74) is 5.55. The van der Waals surface area contributed by atoms with Crippen molar-refractivity contribution in [1.29, 1.82) is 0 Å². The van der Waals surface area contributed by atoms with Crippen molar-refractivity contribution in [2.45, 2.75) is 47.0 Å². The quantitative estimate of drug-likeness (QED) is 0.562. The zero-order valence-corrected chi connectivity index (χ0v) is 11.8. The standard InChI is InChI=1S/C15H20.C2H6/c1-5-7-13-11(3)12(4)14-9-6-8-10(2)15(13)14;1-2/h5,7,12,14H,2-3,6,8-9H2,1,4H3;1-2H3/b7-5-;. The van der Waals surface area contributed by atoms with Gasteiger partial charge in [0, 0.05) is 0 Å². The van der Waals surface area contributed by atoms with Crippen LogP contribution in [0.25, 0.3) is 0 Å². The topological polar surface area (TPSA) is 0 Å². The third-order valence-electron chi connectivity index (χ3n) is 3.87. The number of fused-ring (bicyclic) bond motifs is 1. The van der Waals surface area contributed by atoms with Gasteiger partial charge in [0.05, 0.1) is 0 Å². The summed E-state index contributed by atoms with van der Waals surface area (Å²) in [5, 5.41) is 0. The third-order valence-corrected chi connectivity index (χ3v) is 3.87. The van der Waals surface area contributed by atoms with Crippen LogP contribution < -0.4 is 0 Å². The summed E-state index contributed by atoms with van der Waals surface area (Å²) in [6.45, 7) is 16.9. The van der Waals surface area contributed by atoms with Gasteiger partial charge in [0.2, 0.25) is 0 Å². The van der Waals surface area contributed by atoms with Gasteiger partial charge in [-0.1, -0.05) is 51.7 Å². The lowest BCUT2D eigenvalue weighted by atomic mass is 9.78. The first-order valence-corrected chi connectivity index (χ1v) is 6.91. The Morgan fingerprint density at radius 1 is 1.24 bits per heavy atom. The van der Waals surface area contributed by atoms with Crippen LogP contribution in [0.5, 0.6) is 0 Å². The molecule has 0 radical (unpaired) electrons. The highest BCUT2D eigenvalue weighted by Crippen LogP contribution is 2.49. The van der Waals surface area contributed by atoms with Crippen molar-refractivity contribution >= 4 is 0 Å². The molecule has 2 aliphatic carbocycles. The zero-order valence-electron chi connectivity index (χ0n) is 11.8. The molecule has 17 heavy (non-hydrogen) atoms. The summed E-state index contributed by atoms with van der Waals surface area (Å²) < 4.78 is 0. The van der Waals surface area contributed by atoms with Crippen molar-refractivity contribution in [3.8, 4) is 0 Å². The van der Waals surface area contributed by atoms with Crippen LogP contribution in [0.3, 0.4) is 0 Å². The van der Waals surface area contributed by atoms with Gasteiger partial charge in [-0.25, -0.2) is 0 Å². The first kappa shape index (κ1) is 14.0. The highest BCUT2D eigenvalue weighted by molar-refractivity contribution is 5.57. The molecule has 0 aromatic heterocycles. The maximum Gasteiger partial charge on any atom is -0.00871 e. The molecule has 1 saturated carbocycles. The van der Waals surface area contributed by atoms with Crippen LogP contribution in [-0.4, -0.2) is 0 Å². The molecule has 0 bridgehead atoms. The number of rotatable bonds is 1. The lowest BCUT2D eigenvalue weighted by molar-refractivity contribution is 0.427. The monoisotopic (exact) mass is 230 g/mol. The molecular formula is C17H26. The number of hydrogen-bond donors (Lipinski definition) is 0. The van der Waals surface area contributed by atoms with Crippen molar-refractivity contribution in [2.24, 2.45) is 11.8 Å². The second-order valence-electron chi connectivity index (χ2n) is 4.74. The summed E-state index contributed by atoms with van der Waals surface area (Å²) >= 11 is 0. The molecule has 0 nitrogen and oxygen atoms in total. The zero-order chi connectivity index (χ0) is 13.0. The van der Waals surface area contributed by atoms with Crippen molar-refractivity contribution in [1.82, 2.24) is 0 Å². The fourth-order valence-corrected chi connectivity index (χ4v) is 2.99. The summed E-state index contributed by atoms with van der Waals surface area (Å²) in [6, 6.07) is 0. The minimum absolute atomic E-state index is 0.614. The van der Waals surface area contributed by atoms with Crippen LogP contribution in [0.15, 0.2) is 47.6 Å². The minimum atomic E-state index is 0.614. The van der Waals surface area contributed by atoms with E-state index in [1.807, 2.05) is 13.8 Å². The molecular weight excluding hydrogens is 204 g/mol. The Kier molecular flexibility index (Phi) is 4.99. The molecule has 2 aliphatic rings. The average Bonchev–Trinajstić information content (AvgIpc) is 2.59. The second-order valence-corrected chi connectivity index (χ2v) is 4.74. The fraction of sp³-hybridized carbons (Fsp3) is 0.529. The molecule has 0 aromatic carbocycles. The van der Waals surface area contributed by atoms with Gasteiger partial charge >= 0.3 is 0 Å². The molecule has 0 heteroatoms. The molecule has 0 amide bonds. The second kappa shape index (κ2) is 6.05. The summed E-state index contributed by atoms with van der Waals surface area (Å²) in [7, 11) is 0. The van der Waals surface area contributed by atoms with Crippen molar-refractivity contribution in [3.05, 3.63) is 47.6 Å². The molecule has 0 saturated heterocycles. The Balaban J connectivity index is 0.000000686. The van der Waals surface area contributed by atoms with Crippen LogP contribution in [0.1, 0.15) is 47.0 Å². The van der Waals surface area contributed by atoms with E-state index >= 15 is 0 Å². The van der Waals surface area contributed by atoms with Gasteiger partial charge in [0.15, 0.2) is 0 Å². The Morgan fingerprint density at radius 2 is 1.88 bits per heavy atom. The Morgan fingerprint density at radius 3 is 2.47 bits per heavy atom. The van der Waals surface area contributed by atoms with E-state index in [0.717, 1.165) is 0 Å². The maximum absolute atomic E-state index is 4.24. The molecule has 0 heterocycles. The highest BCUT2D eigenvalue weighted by Gasteiger charge is 2.36. The first-order valence-electron chi connectivity index (χ1n) is 6.91. The molecule has 0 aliphatic heterocycles. The fourth-order valence-electron chi connectivity index (χ4n) is 2.99. The van der Waals surface area contributed by atoms with Gasteiger partial charge in [-0.2, -0.15) is 0 Å². The molecule has 0 spiro atoms. The lowest BCUT2D eigenvalue weighted by Gasteiger charge is -2.26. The SMILES string of the molecule is C=C1CCCC2C1=C(/C=C\C)C(=C)C2C.CC. The number of hydrogen-bond acceptors (Lipinski definition) is 0. The van der Waals surface area contributed by atoms with Gasteiger partial charge in [-0.05, 0) is 54.7 Å².